The first kappa shape index (κ1) is 11.4. The Bertz CT molecular complexity index is 609. The third-order valence-corrected chi connectivity index (χ3v) is 2.89. The summed E-state index contributed by atoms with van der Waals surface area (Å²) >= 11 is 0. The summed E-state index contributed by atoms with van der Waals surface area (Å²) in [5.74, 6) is -0.877. The molecule has 2 aromatic rings. The van der Waals surface area contributed by atoms with E-state index >= 15 is 0 Å². The van der Waals surface area contributed by atoms with Gasteiger partial charge in [-0.15, -0.1) is 0 Å². The van der Waals surface area contributed by atoms with Crippen LogP contribution >= 0.6 is 0 Å². The number of benzene rings is 2. The van der Waals surface area contributed by atoms with E-state index in [0.29, 0.717) is 5.57 Å². The Morgan fingerprint density at radius 1 is 1.18 bits per heavy atom. The minimum absolute atomic E-state index is 0.351. The molecule has 2 aromatic carbocycles. The molecule has 0 aliphatic carbocycles. The topological polar surface area (TPSA) is 37.3 Å². The molecule has 0 aliphatic rings. The SMILES string of the molecule is C/C(=C\c1c(C)ccc2ccccc12)C(=O)O. The number of hydrogen-bond acceptors (Lipinski definition) is 1. The Morgan fingerprint density at radius 3 is 2.59 bits per heavy atom. The monoisotopic (exact) mass is 226 g/mol. The molecular formula is C15H14O2. The molecule has 0 saturated carbocycles. The minimum Gasteiger partial charge on any atom is -0.478 e. The van der Waals surface area contributed by atoms with Gasteiger partial charge in [0.15, 0.2) is 0 Å². The van der Waals surface area contributed by atoms with Gasteiger partial charge in [0.25, 0.3) is 0 Å². The quantitative estimate of drug-likeness (QED) is 0.794. The lowest BCUT2D eigenvalue weighted by Gasteiger charge is -2.07. The van der Waals surface area contributed by atoms with E-state index in [-0.39, 0.29) is 0 Å². The van der Waals surface area contributed by atoms with Crippen molar-refractivity contribution < 1.29 is 9.90 Å². The number of aliphatic carboxylic acids is 1. The molecule has 0 amide bonds. The molecule has 0 heterocycles. The molecule has 0 bridgehead atoms. The highest BCUT2D eigenvalue weighted by Crippen LogP contribution is 2.24. The summed E-state index contributed by atoms with van der Waals surface area (Å²) < 4.78 is 0. The third kappa shape index (κ3) is 2.21. The van der Waals surface area contributed by atoms with Gasteiger partial charge in [-0.3, -0.25) is 0 Å². The van der Waals surface area contributed by atoms with E-state index in [1.165, 1.54) is 0 Å². The van der Waals surface area contributed by atoms with Crippen LogP contribution in [0.1, 0.15) is 18.1 Å². The molecule has 2 rings (SSSR count). The highest BCUT2D eigenvalue weighted by Gasteiger charge is 2.05. The van der Waals surface area contributed by atoms with Crippen molar-refractivity contribution >= 4 is 22.8 Å². The van der Waals surface area contributed by atoms with Gasteiger partial charge < -0.3 is 5.11 Å². The molecule has 0 atom stereocenters. The predicted octanol–water partition coefficient (Wildman–Crippen LogP) is 3.64. The van der Waals surface area contributed by atoms with Gasteiger partial charge in [0.2, 0.25) is 0 Å². The van der Waals surface area contributed by atoms with Gasteiger partial charge in [0, 0.05) is 5.57 Å². The number of carboxylic acid groups (broad SMARTS) is 1. The minimum atomic E-state index is -0.877. The summed E-state index contributed by atoms with van der Waals surface area (Å²) in [6.45, 7) is 3.61. The van der Waals surface area contributed by atoms with Crippen molar-refractivity contribution in [2.45, 2.75) is 13.8 Å². The van der Waals surface area contributed by atoms with Crippen molar-refractivity contribution in [1.82, 2.24) is 0 Å². The molecule has 0 aromatic heterocycles. The van der Waals surface area contributed by atoms with Crippen LogP contribution in [0.3, 0.4) is 0 Å². The van der Waals surface area contributed by atoms with E-state index in [1.54, 1.807) is 13.0 Å². The molecule has 0 radical (unpaired) electrons. The largest absolute Gasteiger partial charge is 0.478 e. The summed E-state index contributed by atoms with van der Waals surface area (Å²) in [5.41, 5.74) is 2.43. The van der Waals surface area contributed by atoms with Crippen molar-refractivity contribution in [1.29, 1.82) is 0 Å². The van der Waals surface area contributed by atoms with Gasteiger partial charge in [-0.1, -0.05) is 36.4 Å². The first-order valence-corrected chi connectivity index (χ1v) is 5.49. The second kappa shape index (κ2) is 4.42. The first-order valence-electron chi connectivity index (χ1n) is 5.49. The van der Waals surface area contributed by atoms with Gasteiger partial charge >= 0.3 is 5.97 Å². The van der Waals surface area contributed by atoms with Gasteiger partial charge in [0.05, 0.1) is 0 Å². The number of aryl methyl sites for hydroxylation is 1. The van der Waals surface area contributed by atoms with Crippen LogP contribution < -0.4 is 0 Å². The van der Waals surface area contributed by atoms with E-state index in [2.05, 4.69) is 6.07 Å². The van der Waals surface area contributed by atoms with Crippen LogP contribution in [0.5, 0.6) is 0 Å². The highest BCUT2D eigenvalue weighted by molar-refractivity contribution is 5.98. The highest BCUT2D eigenvalue weighted by atomic mass is 16.4. The third-order valence-electron chi connectivity index (χ3n) is 2.89. The zero-order valence-electron chi connectivity index (χ0n) is 9.90. The molecule has 0 unspecified atom stereocenters. The predicted molar refractivity (Wildman–Crippen MR) is 70.0 cm³/mol. The lowest BCUT2D eigenvalue weighted by atomic mass is 9.98. The Balaban J connectivity index is 2.71. The fourth-order valence-electron chi connectivity index (χ4n) is 1.87. The molecule has 17 heavy (non-hydrogen) atoms. The van der Waals surface area contributed by atoms with Gasteiger partial charge in [0.1, 0.15) is 0 Å². The fourth-order valence-corrected chi connectivity index (χ4v) is 1.87. The molecule has 2 heteroatoms. The van der Waals surface area contributed by atoms with Crippen LogP contribution in [0.15, 0.2) is 42.0 Å². The summed E-state index contributed by atoms with van der Waals surface area (Å²) in [6.07, 6.45) is 1.74. The second-order valence-electron chi connectivity index (χ2n) is 4.15. The van der Waals surface area contributed by atoms with E-state index in [1.807, 2.05) is 37.3 Å². The van der Waals surface area contributed by atoms with E-state index in [0.717, 1.165) is 21.9 Å². The Hall–Kier alpha value is -2.09. The average molecular weight is 226 g/mol. The number of carbonyl (C=O) groups is 1. The van der Waals surface area contributed by atoms with Crippen LogP contribution in [-0.4, -0.2) is 11.1 Å². The van der Waals surface area contributed by atoms with Crippen molar-refractivity contribution in [3.63, 3.8) is 0 Å². The molecule has 0 saturated heterocycles. The second-order valence-corrected chi connectivity index (χ2v) is 4.15. The van der Waals surface area contributed by atoms with Crippen molar-refractivity contribution in [3.05, 3.63) is 53.1 Å². The average Bonchev–Trinajstić information content (AvgIpc) is 2.32. The summed E-state index contributed by atoms with van der Waals surface area (Å²) in [6, 6.07) is 12.1. The van der Waals surface area contributed by atoms with Gasteiger partial charge in [-0.05, 0) is 41.8 Å². The molecule has 2 nitrogen and oxygen atoms in total. The lowest BCUT2D eigenvalue weighted by molar-refractivity contribution is -0.132. The Kier molecular flexibility index (Phi) is 2.96. The fraction of sp³-hybridized carbons (Fsp3) is 0.133. The summed E-state index contributed by atoms with van der Waals surface area (Å²) in [7, 11) is 0. The van der Waals surface area contributed by atoms with Crippen molar-refractivity contribution in [2.75, 3.05) is 0 Å². The number of fused-ring (bicyclic) bond motifs is 1. The van der Waals surface area contributed by atoms with Crippen LogP contribution in [0, 0.1) is 6.92 Å². The van der Waals surface area contributed by atoms with E-state index in [9.17, 15) is 4.79 Å². The Labute approximate surface area is 100 Å². The zero-order valence-corrected chi connectivity index (χ0v) is 9.90. The maximum Gasteiger partial charge on any atom is 0.331 e. The summed E-state index contributed by atoms with van der Waals surface area (Å²) in [4.78, 5) is 10.9. The maximum atomic E-state index is 10.9. The van der Waals surface area contributed by atoms with Gasteiger partial charge in [-0.2, -0.15) is 0 Å². The van der Waals surface area contributed by atoms with E-state index in [4.69, 9.17) is 5.11 Å². The Morgan fingerprint density at radius 2 is 1.88 bits per heavy atom. The molecule has 0 spiro atoms. The van der Waals surface area contributed by atoms with Crippen LogP contribution in [0.2, 0.25) is 0 Å². The maximum absolute atomic E-state index is 10.9. The van der Waals surface area contributed by atoms with E-state index < -0.39 is 5.97 Å². The molecule has 1 N–H and O–H groups in total. The van der Waals surface area contributed by atoms with Crippen LogP contribution in [0.4, 0.5) is 0 Å². The van der Waals surface area contributed by atoms with Crippen LogP contribution in [0.25, 0.3) is 16.8 Å². The number of rotatable bonds is 2. The standard InChI is InChI=1S/C15H14O2/c1-10-7-8-12-5-3-4-6-13(12)14(10)9-11(2)15(16)17/h3-9H,1-2H3,(H,16,17)/b11-9+. The first-order chi connectivity index (χ1) is 8.09. The zero-order chi connectivity index (χ0) is 12.4. The number of hydrogen-bond donors (Lipinski definition) is 1. The summed E-state index contributed by atoms with van der Waals surface area (Å²) in [5, 5.41) is 11.2. The molecule has 0 fully saturated rings. The van der Waals surface area contributed by atoms with Crippen molar-refractivity contribution in [3.8, 4) is 0 Å². The normalized spacial score (nSPS) is 11.8. The van der Waals surface area contributed by atoms with Crippen molar-refractivity contribution in [2.24, 2.45) is 0 Å². The number of carboxylic acids is 1. The molecule has 86 valence electrons. The molecule has 0 aliphatic heterocycles. The van der Waals surface area contributed by atoms with Crippen LogP contribution in [-0.2, 0) is 4.79 Å². The smallest absolute Gasteiger partial charge is 0.331 e. The lowest BCUT2D eigenvalue weighted by Crippen LogP contribution is -1.96. The molecular weight excluding hydrogens is 212 g/mol. The van der Waals surface area contributed by atoms with Gasteiger partial charge in [-0.25, -0.2) is 4.79 Å².